The lowest BCUT2D eigenvalue weighted by Crippen LogP contribution is -2.06. The van der Waals surface area contributed by atoms with Crippen LogP contribution in [0.15, 0.2) is 53.4 Å². The first-order valence-electron chi connectivity index (χ1n) is 6.20. The summed E-state index contributed by atoms with van der Waals surface area (Å²) in [5.41, 5.74) is 7.13. The second kappa shape index (κ2) is 6.07. The lowest BCUT2D eigenvalue weighted by atomic mass is 10.1. The molecule has 2 aromatic carbocycles. The van der Waals surface area contributed by atoms with Crippen LogP contribution in [0, 0.1) is 0 Å². The molecule has 0 atom stereocenters. The van der Waals surface area contributed by atoms with Gasteiger partial charge in [0.2, 0.25) is 0 Å². The molecule has 106 valence electrons. The van der Waals surface area contributed by atoms with E-state index in [9.17, 15) is 8.42 Å². The Morgan fingerprint density at radius 3 is 2.40 bits per heavy atom. The molecule has 0 heterocycles. The van der Waals surface area contributed by atoms with Gasteiger partial charge in [0.25, 0.3) is 0 Å². The van der Waals surface area contributed by atoms with Gasteiger partial charge in [-0.2, -0.15) is 0 Å². The van der Waals surface area contributed by atoms with Crippen molar-refractivity contribution in [1.82, 2.24) is 0 Å². The molecule has 5 heteroatoms. The maximum absolute atomic E-state index is 12.3. The van der Waals surface area contributed by atoms with Gasteiger partial charge in [-0.3, -0.25) is 0 Å². The Bertz CT molecular complexity index is 682. The van der Waals surface area contributed by atoms with Crippen LogP contribution in [0.1, 0.15) is 11.1 Å². The minimum Gasteiger partial charge on any atom is -0.496 e. The predicted molar refractivity (Wildman–Crippen MR) is 78.2 cm³/mol. The summed E-state index contributed by atoms with van der Waals surface area (Å²) in [4.78, 5) is 0.321. The van der Waals surface area contributed by atoms with E-state index < -0.39 is 9.84 Å². The molecular weight excluding hydrogens is 274 g/mol. The zero-order valence-corrected chi connectivity index (χ0v) is 12.1. The molecule has 0 unspecified atom stereocenters. The molecule has 0 bridgehead atoms. The third kappa shape index (κ3) is 3.18. The number of hydrogen-bond acceptors (Lipinski definition) is 4. The van der Waals surface area contributed by atoms with E-state index in [4.69, 9.17) is 10.5 Å². The predicted octanol–water partition coefficient (Wildman–Crippen LogP) is 2.13. The summed E-state index contributed by atoms with van der Waals surface area (Å²) in [5.74, 6) is 0.561. The third-order valence-corrected chi connectivity index (χ3v) is 4.73. The number of rotatable bonds is 5. The molecule has 0 aromatic heterocycles. The van der Waals surface area contributed by atoms with Crippen molar-refractivity contribution in [2.24, 2.45) is 5.73 Å². The number of methoxy groups -OCH3 is 1. The number of sulfone groups is 1. The monoisotopic (exact) mass is 291 g/mol. The van der Waals surface area contributed by atoms with Gasteiger partial charge >= 0.3 is 0 Å². The van der Waals surface area contributed by atoms with Crippen molar-refractivity contribution >= 4 is 9.84 Å². The van der Waals surface area contributed by atoms with E-state index >= 15 is 0 Å². The standard InChI is InChI=1S/C15H17NO3S/c1-19-15-9-12(7-8-13(15)10-16)11-20(17,18)14-5-3-2-4-6-14/h2-9H,10-11,16H2,1H3. The Morgan fingerprint density at radius 1 is 1.10 bits per heavy atom. The minimum atomic E-state index is -3.34. The fourth-order valence-electron chi connectivity index (χ4n) is 1.98. The van der Waals surface area contributed by atoms with Crippen molar-refractivity contribution in [1.29, 1.82) is 0 Å². The Balaban J connectivity index is 2.30. The van der Waals surface area contributed by atoms with Gasteiger partial charge < -0.3 is 10.5 Å². The van der Waals surface area contributed by atoms with E-state index in [1.165, 1.54) is 0 Å². The normalized spacial score (nSPS) is 11.3. The highest BCUT2D eigenvalue weighted by atomic mass is 32.2. The summed E-state index contributed by atoms with van der Waals surface area (Å²) >= 11 is 0. The van der Waals surface area contributed by atoms with Crippen LogP contribution in [0.25, 0.3) is 0 Å². The van der Waals surface area contributed by atoms with Crippen molar-refractivity contribution < 1.29 is 13.2 Å². The summed E-state index contributed by atoms with van der Waals surface area (Å²) in [5, 5.41) is 0. The van der Waals surface area contributed by atoms with Crippen molar-refractivity contribution in [2.75, 3.05) is 7.11 Å². The zero-order valence-electron chi connectivity index (χ0n) is 11.2. The average molecular weight is 291 g/mol. The van der Waals surface area contributed by atoms with Crippen LogP contribution in [0.3, 0.4) is 0 Å². The second-order valence-corrected chi connectivity index (χ2v) is 6.41. The number of hydrogen-bond donors (Lipinski definition) is 1. The minimum absolute atomic E-state index is 0.0573. The van der Waals surface area contributed by atoms with Gasteiger partial charge in [0.05, 0.1) is 17.8 Å². The molecule has 2 N–H and O–H groups in total. The van der Waals surface area contributed by atoms with Gasteiger partial charge in [-0.1, -0.05) is 30.3 Å². The highest BCUT2D eigenvalue weighted by Gasteiger charge is 2.15. The molecule has 0 aliphatic carbocycles. The van der Waals surface area contributed by atoms with Crippen LogP contribution in [-0.2, 0) is 22.1 Å². The highest BCUT2D eigenvalue weighted by molar-refractivity contribution is 7.90. The Kier molecular flexibility index (Phi) is 4.42. The van der Waals surface area contributed by atoms with E-state index in [0.717, 1.165) is 5.56 Å². The van der Waals surface area contributed by atoms with Gasteiger partial charge in [-0.05, 0) is 23.8 Å². The Hall–Kier alpha value is -1.85. The van der Waals surface area contributed by atoms with Crippen molar-refractivity contribution in [3.8, 4) is 5.75 Å². The Labute approximate surface area is 119 Å². The van der Waals surface area contributed by atoms with Crippen LogP contribution < -0.4 is 10.5 Å². The fraction of sp³-hybridized carbons (Fsp3) is 0.200. The van der Waals surface area contributed by atoms with Gasteiger partial charge in [0, 0.05) is 12.1 Å². The lowest BCUT2D eigenvalue weighted by molar-refractivity contribution is 0.409. The SMILES string of the molecule is COc1cc(CS(=O)(=O)c2ccccc2)ccc1CN. The molecule has 4 nitrogen and oxygen atoms in total. The van der Waals surface area contributed by atoms with Crippen molar-refractivity contribution in [3.63, 3.8) is 0 Å². The van der Waals surface area contributed by atoms with Crippen LogP contribution in [0.2, 0.25) is 0 Å². The first-order valence-corrected chi connectivity index (χ1v) is 7.85. The molecule has 0 radical (unpaired) electrons. The second-order valence-electron chi connectivity index (χ2n) is 4.42. The fourth-order valence-corrected chi connectivity index (χ4v) is 3.33. The molecule has 0 spiro atoms. The van der Waals surface area contributed by atoms with E-state index in [1.54, 1.807) is 55.6 Å². The van der Waals surface area contributed by atoms with E-state index in [1.807, 2.05) is 0 Å². The van der Waals surface area contributed by atoms with Crippen molar-refractivity contribution in [3.05, 3.63) is 59.7 Å². The van der Waals surface area contributed by atoms with Gasteiger partial charge in [-0.25, -0.2) is 8.42 Å². The van der Waals surface area contributed by atoms with Crippen LogP contribution in [0.4, 0.5) is 0 Å². The largest absolute Gasteiger partial charge is 0.496 e. The maximum atomic E-state index is 12.3. The van der Waals surface area contributed by atoms with Gasteiger partial charge in [-0.15, -0.1) is 0 Å². The molecule has 0 amide bonds. The molecule has 0 saturated heterocycles. The molecule has 0 fully saturated rings. The van der Waals surface area contributed by atoms with Crippen molar-refractivity contribution in [2.45, 2.75) is 17.2 Å². The Morgan fingerprint density at radius 2 is 1.80 bits per heavy atom. The topological polar surface area (TPSA) is 69.4 Å². The van der Waals surface area contributed by atoms with Crippen LogP contribution in [0.5, 0.6) is 5.75 Å². The highest BCUT2D eigenvalue weighted by Crippen LogP contribution is 2.23. The molecule has 20 heavy (non-hydrogen) atoms. The number of ether oxygens (including phenoxy) is 1. The summed E-state index contributed by atoms with van der Waals surface area (Å²) in [6, 6.07) is 13.7. The number of nitrogens with two attached hydrogens (primary N) is 1. The van der Waals surface area contributed by atoms with E-state index in [2.05, 4.69) is 0 Å². The van der Waals surface area contributed by atoms with Crippen LogP contribution in [-0.4, -0.2) is 15.5 Å². The van der Waals surface area contributed by atoms with Gasteiger partial charge in [0.1, 0.15) is 5.75 Å². The zero-order chi connectivity index (χ0) is 14.6. The average Bonchev–Trinajstić information content (AvgIpc) is 2.47. The maximum Gasteiger partial charge on any atom is 0.182 e. The summed E-state index contributed by atoms with van der Waals surface area (Å²) < 4.78 is 29.8. The quantitative estimate of drug-likeness (QED) is 0.916. The molecule has 0 saturated carbocycles. The molecular formula is C15H17NO3S. The van der Waals surface area contributed by atoms with Gasteiger partial charge in [0.15, 0.2) is 9.84 Å². The number of benzene rings is 2. The lowest BCUT2D eigenvalue weighted by Gasteiger charge is -2.10. The molecule has 2 aromatic rings. The van der Waals surface area contributed by atoms with E-state index in [0.29, 0.717) is 22.8 Å². The third-order valence-electron chi connectivity index (χ3n) is 3.03. The van der Waals surface area contributed by atoms with E-state index in [-0.39, 0.29) is 5.75 Å². The molecule has 0 aliphatic rings. The molecule has 2 rings (SSSR count). The van der Waals surface area contributed by atoms with Crippen LogP contribution >= 0.6 is 0 Å². The summed E-state index contributed by atoms with van der Waals surface area (Å²) in [7, 11) is -1.80. The first-order chi connectivity index (χ1) is 9.56. The molecule has 0 aliphatic heterocycles. The smallest absolute Gasteiger partial charge is 0.182 e. The first kappa shape index (κ1) is 14.6. The summed E-state index contributed by atoms with van der Waals surface area (Å²) in [6.45, 7) is 0.356. The summed E-state index contributed by atoms with van der Waals surface area (Å²) in [6.07, 6.45) is 0.